The number of fused-ring (bicyclic) bond motifs is 1. The molecule has 1 amide bonds. The number of halogens is 4. The molecule has 1 saturated heterocycles. The monoisotopic (exact) mass is 540 g/mol. The third kappa shape index (κ3) is 7.83. The van der Waals surface area contributed by atoms with Gasteiger partial charge in [-0.1, -0.05) is 25.7 Å². The number of nitrogens with zero attached hydrogens (tertiary/aromatic N) is 3. The van der Waals surface area contributed by atoms with Crippen LogP contribution in [0.25, 0.3) is 10.9 Å². The number of rotatable bonds is 9. The highest BCUT2D eigenvalue weighted by molar-refractivity contribution is 6.27. The summed E-state index contributed by atoms with van der Waals surface area (Å²) in [7, 11) is 0. The molecular weight excluding hydrogens is 505 g/mol. The summed E-state index contributed by atoms with van der Waals surface area (Å²) in [6.45, 7) is 2.91. The van der Waals surface area contributed by atoms with Crippen molar-refractivity contribution in [3.63, 3.8) is 0 Å². The molecule has 2 fully saturated rings. The predicted octanol–water partition coefficient (Wildman–Crippen LogP) is 5.40. The van der Waals surface area contributed by atoms with Crippen molar-refractivity contribution in [1.82, 2.24) is 20.2 Å². The average Bonchev–Trinajstić information content (AvgIpc) is 3.17. The molecule has 11 heteroatoms. The lowest BCUT2D eigenvalue weighted by Gasteiger charge is -2.37. The second kappa shape index (κ2) is 13.0. The Balaban J connectivity index is 1.44. The van der Waals surface area contributed by atoms with Crippen molar-refractivity contribution in [2.45, 2.75) is 76.0 Å². The molecule has 0 bridgehead atoms. The van der Waals surface area contributed by atoms with Crippen LogP contribution in [0.4, 0.5) is 24.9 Å². The number of anilines is 2. The second-order valence-corrected chi connectivity index (χ2v) is 10.3. The zero-order chi connectivity index (χ0) is 26.3. The number of benzene rings is 1. The minimum Gasteiger partial charge on any atom is -0.367 e. The molecule has 2 heterocycles. The van der Waals surface area contributed by atoms with Gasteiger partial charge in [0, 0.05) is 43.6 Å². The van der Waals surface area contributed by atoms with Gasteiger partial charge >= 0.3 is 6.18 Å². The maximum Gasteiger partial charge on any atom is 0.416 e. The van der Waals surface area contributed by atoms with Crippen LogP contribution in [0.5, 0.6) is 0 Å². The van der Waals surface area contributed by atoms with E-state index in [0.717, 1.165) is 38.1 Å². The third-order valence-corrected chi connectivity index (χ3v) is 7.56. The van der Waals surface area contributed by atoms with E-state index < -0.39 is 11.7 Å². The fraction of sp³-hybridized carbons (Fsp3) is 0.654. The number of hydrogen-bond donors (Lipinski definition) is 3. The van der Waals surface area contributed by atoms with E-state index in [2.05, 4.69) is 30.8 Å². The smallest absolute Gasteiger partial charge is 0.367 e. The lowest BCUT2D eigenvalue weighted by atomic mass is 9.99. The summed E-state index contributed by atoms with van der Waals surface area (Å²) >= 11 is 5.47. The fourth-order valence-corrected chi connectivity index (χ4v) is 5.38. The fourth-order valence-electron chi connectivity index (χ4n) is 5.28. The number of aromatic nitrogens is 2. The normalized spacial score (nSPS) is 18.5. The van der Waals surface area contributed by atoms with Gasteiger partial charge in [-0.05, 0) is 50.3 Å². The van der Waals surface area contributed by atoms with Crippen LogP contribution in [-0.2, 0) is 11.0 Å². The van der Waals surface area contributed by atoms with Crippen molar-refractivity contribution >= 4 is 40.2 Å². The molecule has 0 unspecified atom stereocenters. The van der Waals surface area contributed by atoms with Gasteiger partial charge in [-0.15, -0.1) is 11.6 Å². The van der Waals surface area contributed by atoms with Gasteiger partial charge in [-0.2, -0.15) is 18.2 Å². The lowest BCUT2D eigenvalue weighted by Crippen LogP contribution is -2.44. The zero-order valence-corrected chi connectivity index (χ0v) is 21.8. The molecule has 7 nitrogen and oxygen atoms in total. The van der Waals surface area contributed by atoms with Gasteiger partial charge < -0.3 is 20.9 Å². The van der Waals surface area contributed by atoms with Crippen LogP contribution in [0.15, 0.2) is 18.2 Å². The highest BCUT2D eigenvalue weighted by Crippen LogP contribution is 2.33. The largest absolute Gasteiger partial charge is 0.416 e. The third-order valence-electron chi connectivity index (χ3n) is 7.32. The van der Waals surface area contributed by atoms with E-state index in [9.17, 15) is 18.0 Å². The van der Waals surface area contributed by atoms with Crippen LogP contribution in [0, 0.1) is 0 Å². The molecule has 0 spiro atoms. The van der Waals surface area contributed by atoms with Crippen LogP contribution in [0.1, 0.15) is 63.4 Å². The molecule has 204 valence electrons. The van der Waals surface area contributed by atoms with Crippen LogP contribution in [-0.4, -0.2) is 64.9 Å². The van der Waals surface area contributed by atoms with Gasteiger partial charge in [-0.3, -0.25) is 4.79 Å². The minimum absolute atomic E-state index is 0.0998. The summed E-state index contributed by atoms with van der Waals surface area (Å²) < 4.78 is 40.1. The molecular formula is C26H36ClF3N6O. The summed E-state index contributed by atoms with van der Waals surface area (Å²) in [4.78, 5) is 22.9. The Morgan fingerprint density at radius 3 is 2.43 bits per heavy atom. The Labute approximate surface area is 220 Å². The lowest BCUT2D eigenvalue weighted by molar-refractivity contribution is -0.137. The Bertz CT molecular complexity index is 1040. The van der Waals surface area contributed by atoms with Crippen LogP contribution in [0.3, 0.4) is 0 Å². The first-order chi connectivity index (χ1) is 17.8. The van der Waals surface area contributed by atoms with E-state index in [1.54, 1.807) is 0 Å². The first-order valence-corrected chi connectivity index (χ1v) is 13.8. The molecule has 0 atom stereocenters. The standard InChI is InChI=1S/C26H36ClF3N6O/c27-17-23(37)31-12-5-13-32-25-34-22-16-18(26(28,29)30)8-9-21(22)24(35-25)33-19-10-14-36(15-11-19)20-6-3-1-2-4-7-20/h8-9,16,19-20H,1-7,10-15,17H2,(H,31,37)(H2,32,33,34,35). The molecule has 2 aromatic rings. The molecule has 37 heavy (non-hydrogen) atoms. The summed E-state index contributed by atoms with van der Waals surface area (Å²) in [6.07, 6.45) is 5.92. The second-order valence-electron chi connectivity index (χ2n) is 9.99. The molecule has 3 N–H and O–H groups in total. The Morgan fingerprint density at radius 1 is 1.03 bits per heavy atom. The van der Waals surface area contributed by atoms with Crippen molar-refractivity contribution in [1.29, 1.82) is 0 Å². The Hall–Kier alpha value is -2.33. The van der Waals surface area contributed by atoms with Gasteiger partial charge in [0.15, 0.2) is 0 Å². The summed E-state index contributed by atoms with van der Waals surface area (Å²) in [5.41, 5.74) is -0.503. The van der Waals surface area contributed by atoms with E-state index in [1.165, 1.54) is 44.6 Å². The number of carbonyl (C=O) groups is 1. The molecule has 0 radical (unpaired) electrons. The van der Waals surface area contributed by atoms with Crippen molar-refractivity contribution in [3.8, 4) is 0 Å². The van der Waals surface area contributed by atoms with Crippen LogP contribution in [0.2, 0.25) is 0 Å². The van der Waals surface area contributed by atoms with E-state index in [4.69, 9.17) is 11.6 Å². The SMILES string of the molecule is O=C(CCl)NCCCNc1nc(NC2CCN(C3CCCCCC3)CC2)c2ccc(C(F)(F)F)cc2n1. The molecule has 1 saturated carbocycles. The van der Waals surface area contributed by atoms with E-state index in [1.807, 2.05) is 0 Å². The maximum absolute atomic E-state index is 13.4. The van der Waals surface area contributed by atoms with Crippen molar-refractivity contribution in [2.24, 2.45) is 0 Å². The first kappa shape index (κ1) is 27.7. The highest BCUT2D eigenvalue weighted by Gasteiger charge is 2.31. The molecule has 1 aromatic heterocycles. The van der Waals surface area contributed by atoms with Crippen LogP contribution >= 0.6 is 11.6 Å². The van der Waals surface area contributed by atoms with E-state index in [-0.39, 0.29) is 29.3 Å². The minimum atomic E-state index is -4.45. The number of hydrogen-bond acceptors (Lipinski definition) is 6. The van der Waals surface area contributed by atoms with Crippen molar-refractivity contribution < 1.29 is 18.0 Å². The highest BCUT2D eigenvalue weighted by atomic mass is 35.5. The van der Waals surface area contributed by atoms with Crippen LogP contribution < -0.4 is 16.0 Å². The van der Waals surface area contributed by atoms with Gasteiger partial charge in [0.2, 0.25) is 11.9 Å². The molecule has 1 aromatic carbocycles. The zero-order valence-electron chi connectivity index (χ0n) is 21.0. The molecule has 1 aliphatic heterocycles. The molecule has 2 aliphatic rings. The quantitative estimate of drug-likeness (QED) is 0.224. The van der Waals surface area contributed by atoms with Crippen molar-refractivity contribution in [3.05, 3.63) is 23.8 Å². The average molecular weight is 541 g/mol. The number of alkyl halides is 4. The van der Waals surface area contributed by atoms with Gasteiger partial charge in [0.1, 0.15) is 11.7 Å². The topological polar surface area (TPSA) is 82.2 Å². The number of amides is 1. The number of nitrogens with one attached hydrogen (secondary N) is 3. The molecule has 1 aliphatic carbocycles. The van der Waals surface area contributed by atoms with Gasteiger partial charge in [0.25, 0.3) is 0 Å². The summed E-state index contributed by atoms with van der Waals surface area (Å²) in [5, 5.41) is 9.84. The number of carbonyl (C=O) groups excluding carboxylic acids is 1. The number of piperidine rings is 1. The summed E-state index contributed by atoms with van der Waals surface area (Å²) in [6, 6.07) is 4.48. The summed E-state index contributed by atoms with van der Waals surface area (Å²) in [5.74, 6) is 0.454. The Morgan fingerprint density at radius 2 is 1.76 bits per heavy atom. The maximum atomic E-state index is 13.4. The predicted molar refractivity (Wildman–Crippen MR) is 141 cm³/mol. The van der Waals surface area contributed by atoms with E-state index in [0.29, 0.717) is 36.8 Å². The van der Waals surface area contributed by atoms with Gasteiger partial charge in [-0.25, -0.2) is 4.98 Å². The van der Waals surface area contributed by atoms with Crippen molar-refractivity contribution in [2.75, 3.05) is 42.7 Å². The Kier molecular flexibility index (Phi) is 9.70. The van der Waals surface area contributed by atoms with E-state index >= 15 is 0 Å². The van der Waals surface area contributed by atoms with Gasteiger partial charge in [0.05, 0.1) is 11.1 Å². The molecule has 4 rings (SSSR count). The number of likely N-dealkylation sites (tertiary alicyclic amines) is 1. The first-order valence-electron chi connectivity index (χ1n) is 13.3.